The Labute approximate surface area is 88.5 Å². The van der Waals surface area contributed by atoms with E-state index in [1.165, 1.54) is 6.07 Å². The molecule has 0 saturated heterocycles. The number of rotatable bonds is 3. The molecule has 0 radical (unpaired) electrons. The molecule has 2 heterocycles. The van der Waals surface area contributed by atoms with Crippen LogP contribution < -0.4 is 0 Å². The molecule has 0 saturated carbocycles. The van der Waals surface area contributed by atoms with E-state index in [-0.39, 0.29) is 5.00 Å². The van der Waals surface area contributed by atoms with Crippen LogP contribution in [0.3, 0.4) is 0 Å². The number of carbonyl (C=O) groups is 1. The number of nitrogens with one attached hydrogen (secondary N) is 1. The van der Waals surface area contributed by atoms with Crippen molar-refractivity contribution in [1.29, 1.82) is 0 Å². The first-order chi connectivity index (χ1) is 7.20. The number of aromatic amines is 1. The Morgan fingerprint density at radius 2 is 2.13 bits per heavy atom. The van der Waals surface area contributed by atoms with Gasteiger partial charge in [0.05, 0.1) is 21.2 Å². The summed E-state index contributed by atoms with van der Waals surface area (Å²) in [5.74, 6) is 0. The van der Waals surface area contributed by atoms with Gasteiger partial charge in [-0.2, -0.15) is 0 Å². The fourth-order valence-electron chi connectivity index (χ4n) is 1.19. The SMILES string of the molecule is O=Cc1ccc(-c2ccc([N+](=O)[O-])s2)[nH]1. The maximum atomic E-state index is 10.5. The van der Waals surface area contributed by atoms with Gasteiger partial charge in [0.15, 0.2) is 6.29 Å². The van der Waals surface area contributed by atoms with E-state index in [1.807, 2.05) is 0 Å². The highest BCUT2D eigenvalue weighted by Crippen LogP contribution is 2.31. The number of carbonyl (C=O) groups excluding carboxylic acids is 1. The van der Waals surface area contributed by atoms with Crippen LogP contribution in [0.4, 0.5) is 5.00 Å². The summed E-state index contributed by atoms with van der Waals surface area (Å²) in [7, 11) is 0. The lowest BCUT2D eigenvalue weighted by atomic mass is 10.3. The van der Waals surface area contributed by atoms with Crippen LogP contribution in [-0.4, -0.2) is 16.2 Å². The van der Waals surface area contributed by atoms with Crippen molar-refractivity contribution in [2.75, 3.05) is 0 Å². The molecule has 0 unspecified atom stereocenters. The van der Waals surface area contributed by atoms with Crippen molar-refractivity contribution in [1.82, 2.24) is 4.98 Å². The summed E-state index contributed by atoms with van der Waals surface area (Å²) >= 11 is 1.07. The fraction of sp³-hybridized carbons (Fsp3) is 0. The zero-order chi connectivity index (χ0) is 10.8. The average molecular weight is 222 g/mol. The van der Waals surface area contributed by atoms with Crippen molar-refractivity contribution >= 4 is 22.6 Å². The van der Waals surface area contributed by atoms with E-state index in [9.17, 15) is 14.9 Å². The maximum Gasteiger partial charge on any atom is 0.324 e. The molecule has 2 aromatic rings. The van der Waals surface area contributed by atoms with Crippen LogP contribution >= 0.6 is 11.3 Å². The predicted molar refractivity (Wildman–Crippen MR) is 56.1 cm³/mol. The molecule has 1 N–H and O–H groups in total. The van der Waals surface area contributed by atoms with E-state index >= 15 is 0 Å². The van der Waals surface area contributed by atoms with Gasteiger partial charge in [-0.25, -0.2) is 0 Å². The molecular weight excluding hydrogens is 216 g/mol. The molecule has 0 amide bonds. The number of H-pyrrole nitrogens is 1. The lowest BCUT2D eigenvalue weighted by molar-refractivity contribution is -0.380. The van der Waals surface area contributed by atoms with Crippen LogP contribution in [0, 0.1) is 10.1 Å². The van der Waals surface area contributed by atoms with Gasteiger partial charge in [-0.1, -0.05) is 11.3 Å². The highest BCUT2D eigenvalue weighted by molar-refractivity contribution is 7.18. The molecule has 0 aliphatic rings. The number of nitro groups is 1. The topological polar surface area (TPSA) is 76.0 Å². The molecule has 0 fully saturated rings. The molecule has 2 rings (SSSR count). The third-order valence-corrected chi connectivity index (χ3v) is 2.94. The van der Waals surface area contributed by atoms with Gasteiger partial charge in [-0.3, -0.25) is 14.9 Å². The first kappa shape index (κ1) is 9.60. The van der Waals surface area contributed by atoms with Crippen LogP contribution in [0.2, 0.25) is 0 Å². The average Bonchev–Trinajstić information content (AvgIpc) is 2.86. The van der Waals surface area contributed by atoms with Crippen molar-refractivity contribution in [3.63, 3.8) is 0 Å². The summed E-state index contributed by atoms with van der Waals surface area (Å²) in [6.07, 6.45) is 0.700. The standard InChI is InChI=1S/C9H6N2O3S/c12-5-6-1-2-7(10-6)8-3-4-9(15-8)11(13)14/h1-5,10H. The van der Waals surface area contributed by atoms with Crippen molar-refractivity contribution in [3.8, 4) is 10.6 Å². The molecule has 0 aliphatic heterocycles. The van der Waals surface area contributed by atoms with Crippen molar-refractivity contribution < 1.29 is 9.72 Å². The van der Waals surface area contributed by atoms with Crippen molar-refractivity contribution in [2.24, 2.45) is 0 Å². The van der Waals surface area contributed by atoms with Crippen LogP contribution in [0.5, 0.6) is 0 Å². The largest absolute Gasteiger partial charge is 0.352 e. The van der Waals surface area contributed by atoms with Crippen LogP contribution in [0.25, 0.3) is 10.6 Å². The molecule has 5 nitrogen and oxygen atoms in total. The van der Waals surface area contributed by atoms with E-state index in [2.05, 4.69) is 4.98 Å². The molecule has 76 valence electrons. The maximum absolute atomic E-state index is 10.5. The number of aldehydes is 1. The van der Waals surface area contributed by atoms with Gasteiger partial charge in [0.1, 0.15) is 0 Å². The lowest BCUT2D eigenvalue weighted by Crippen LogP contribution is -1.80. The zero-order valence-electron chi connectivity index (χ0n) is 7.47. The van der Waals surface area contributed by atoms with Gasteiger partial charge >= 0.3 is 5.00 Å². The minimum atomic E-state index is -0.433. The molecule has 0 bridgehead atoms. The Bertz CT molecular complexity index is 515. The minimum absolute atomic E-state index is 0.0900. The molecule has 0 aliphatic carbocycles. The summed E-state index contributed by atoms with van der Waals surface area (Å²) in [4.78, 5) is 24.0. The number of hydrogen-bond donors (Lipinski definition) is 1. The van der Waals surface area contributed by atoms with Crippen LogP contribution in [0.15, 0.2) is 24.3 Å². The van der Waals surface area contributed by atoms with Gasteiger partial charge in [0.2, 0.25) is 0 Å². The van der Waals surface area contributed by atoms with Gasteiger partial charge in [-0.15, -0.1) is 0 Å². The zero-order valence-corrected chi connectivity index (χ0v) is 8.28. The van der Waals surface area contributed by atoms with Crippen LogP contribution in [-0.2, 0) is 0 Å². The molecule has 6 heteroatoms. The van der Waals surface area contributed by atoms with Crippen molar-refractivity contribution in [3.05, 3.63) is 40.1 Å². The van der Waals surface area contributed by atoms with E-state index in [4.69, 9.17) is 0 Å². The summed E-state index contributed by atoms with van der Waals surface area (Å²) in [5, 5.41) is 10.5. The van der Waals surface area contributed by atoms with Crippen molar-refractivity contribution in [2.45, 2.75) is 0 Å². The van der Waals surface area contributed by atoms with E-state index in [1.54, 1.807) is 18.2 Å². The summed E-state index contributed by atoms with van der Waals surface area (Å²) < 4.78 is 0. The Morgan fingerprint density at radius 3 is 2.67 bits per heavy atom. The Kier molecular flexibility index (Phi) is 2.34. The normalized spacial score (nSPS) is 10.1. The minimum Gasteiger partial charge on any atom is -0.352 e. The van der Waals surface area contributed by atoms with E-state index in [0.717, 1.165) is 21.9 Å². The number of aromatic nitrogens is 1. The molecule has 0 atom stereocenters. The Morgan fingerprint density at radius 1 is 1.33 bits per heavy atom. The van der Waals surface area contributed by atoms with Gasteiger partial charge in [0.25, 0.3) is 0 Å². The van der Waals surface area contributed by atoms with Crippen LogP contribution in [0.1, 0.15) is 10.5 Å². The highest BCUT2D eigenvalue weighted by atomic mass is 32.1. The fourth-order valence-corrected chi connectivity index (χ4v) is 2.00. The van der Waals surface area contributed by atoms with Gasteiger partial charge in [-0.05, 0) is 18.2 Å². The molecule has 15 heavy (non-hydrogen) atoms. The van der Waals surface area contributed by atoms with Gasteiger partial charge < -0.3 is 4.98 Å². The third-order valence-electron chi connectivity index (χ3n) is 1.87. The Balaban J connectivity index is 2.36. The predicted octanol–water partition coefficient (Wildman–Crippen LogP) is 2.46. The third kappa shape index (κ3) is 1.79. The summed E-state index contributed by atoms with van der Waals surface area (Å²) in [5.41, 5.74) is 1.18. The second-order valence-electron chi connectivity index (χ2n) is 2.84. The number of hydrogen-bond acceptors (Lipinski definition) is 4. The smallest absolute Gasteiger partial charge is 0.324 e. The number of nitrogens with zero attached hydrogens (tertiary/aromatic N) is 1. The second kappa shape index (κ2) is 3.66. The first-order valence-electron chi connectivity index (χ1n) is 4.09. The summed E-state index contributed by atoms with van der Waals surface area (Å²) in [6.45, 7) is 0. The highest BCUT2D eigenvalue weighted by Gasteiger charge is 2.11. The summed E-state index contributed by atoms with van der Waals surface area (Å²) in [6, 6.07) is 6.46. The molecule has 2 aromatic heterocycles. The monoisotopic (exact) mass is 222 g/mol. The second-order valence-corrected chi connectivity index (χ2v) is 3.90. The molecular formula is C9H6N2O3S. The first-order valence-corrected chi connectivity index (χ1v) is 4.91. The molecule has 0 spiro atoms. The lowest BCUT2D eigenvalue weighted by Gasteiger charge is -1.88. The van der Waals surface area contributed by atoms with E-state index < -0.39 is 4.92 Å². The van der Waals surface area contributed by atoms with Gasteiger partial charge in [0, 0.05) is 6.07 Å². The molecule has 0 aromatic carbocycles. The van der Waals surface area contributed by atoms with E-state index in [0.29, 0.717) is 12.0 Å². The number of thiophene rings is 1. The quantitative estimate of drug-likeness (QED) is 0.492. The Hall–Kier alpha value is -1.95.